The van der Waals surface area contributed by atoms with Crippen LogP contribution in [0.4, 0.5) is 5.69 Å². The molecule has 0 bridgehead atoms. The second kappa shape index (κ2) is 9.60. The number of hydrogen-bond donors (Lipinski definition) is 1. The number of hydrogen-bond acceptors (Lipinski definition) is 6. The van der Waals surface area contributed by atoms with Gasteiger partial charge in [-0.1, -0.05) is 51.8 Å². The molecule has 6 unspecified atom stereocenters. The number of carbonyl (C=O) groups is 4. The molecule has 8 nitrogen and oxygen atoms in total. The fourth-order valence-corrected chi connectivity index (χ4v) is 8.37. The molecule has 2 aliphatic heterocycles. The number of phenols is 1. The summed E-state index contributed by atoms with van der Waals surface area (Å²) in [6, 6.07) is 13.4. The maximum absolute atomic E-state index is 14.0. The summed E-state index contributed by atoms with van der Waals surface area (Å²) in [5, 5.41) is 10.4. The van der Waals surface area contributed by atoms with Gasteiger partial charge in [0, 0.05) is 5.92 Å². The van der Waals surface area contributed by atoms with Gasteiger partial charge >= 0.3 is 0 Å². The number of alkyl halides is 3. The molecular weight excluding hydrogens is 623 g/mol. The number of imide groups is 2. The number of anilines is 1. The average Bonchev–Trinajstić information content (AvgIpc) is 3.28. The van der Waals surface area contributed by atoms with Gasteiger partial charge in [0.15, 0.2) is 21.2 Å². The molecule has 4 amide bonds. The van der Waals surface area contributed by atoms with E-state index in [1.165, 1.54) is 11.0 Å². The Labute approximate surface area is 249 Å². The summed E-state index contributed by atoms with van der Waals surface area (Å²) in [6.07, 6.45) is 2.05. The highest BCUT2D eigenvalue weighted by atomic mass is 79.9. The molecule has 6 rings (SSSR count). The van der Waals surface area contributed by atoms with Crippen molar-refractivity contribution in [2.24, 2.45) is 17.8 Å². The van der Waals surface area contributed by atoms with Gasteiger partial charge in [-0.3, -0.25) is 29.0 Å². The first kappa shape index (κ1) is 27.3. The summed E-state index contributed by atoms with van der Waals surface area (Å²) in [5.74, 6) is -4.86. The largest absolute Gasteiger partial charge is 0.504 e. The lowest BCUT2D eigenvalue weighted by molar-refractivity contribution is -0.138. The third-order valence-corrected chi connectivity index (χ3v) is 10.6. The number of carbonyl (C=O) groups excluding carboxylic acids is 4. The normalized spacial score (nSPS) is 33.0. The molecule has 0 radical (unpaired) electrons. The molecule has 2 aromatic carbocycles. The summed E-state index contributed by atoms with van der Waals surface area (Å²) in [5.41, 5.74) is 1.56. The van der Waals surface area contributed by atoms with Crippen molar-refractivity contribution in [3.63, 3.8) is 0 Å². The molecule has 3 fully saturated rings. The minimum atomic E-state index is -1.92. The number of amides is 4. The van der Waals surface area contributed by atoms with Gasteiger partial charge < -0.3 is 9.84 Å². The summed E-state index contributed by atoms with van der Waals surface area (Å²) < 4.78 is 5.61. The highest BCUT2D eigenvalue weighted by molar-refractivity contribution is 9.09. The lowest BCUT2D eigenvalue weighted by Gasteiger charge is -2.50. The quantitative estimate of drug-likeness (QED) is 0.218. The Morgan fingerprint density at radius 1 is 1.02 bits per heavy atom. The smallest absolute Gasteiger partial charge is 0.254 e. The highest BCUT2D eigenvalue weighted by Gasteiger charge is 2.76. The van der Waals surface area contributed by atoms with E-state index < -0.39 is 45.2 Å². The molecule has 11 heteroatoms. The number of ether oxygens (including phenoxy) is 1. The van der Waals surface area contributed by atoms with Crippen LogP contribution in [0.5, 0.6) is 11.5 Å². The monoisotopic (exact) mass is 646 g/mol. The van der Waals surface area contributed by atoms with E-state index in [9.17, 15) is 24.3 Å². The van der Waals surface area contributed by atoms with E-state index in [4.69, 9.17) is 27.9 Å². The fourth-order valence-electron chi connectivity index (χ4n) is 6.94. The number of benzene rings is 2. The average molecular weight is 648 g/mol. The van der Waals surface area contributed by atoms with E-state index in [-0.39, 0.29) is 48.2 Å². The predicted molar refractivity (Wildman–Crippen MR) is 152 cm³/mol. The Kier molecular flexibility index (Phi) is 6.55. The van der Waals surface area contributed by atoms with Crippen molar-refractivity contribution in [2.45, 2.75) is 35.4 Å². The summed E-state index contributed by atoms with van der Waals surface area (Å²) in [6.45, 7) is 2.05. The van der Waals surface area contributed by atoms with Crippen LogP contribution < -0.4 is 9.64 Å². The first-order chi connectivity index (χ1) is 19.1. The summed E-state index contributed by atoms with van der Waals surface area (Å²) >= 11 is 17.7. The van der Waals surface area contributed by atoms with E-state index in [1.54, 1.807) is 49.4 Å². The standard InChI is InChI=1S/C29H25BrCl2N2O6/c1-2-40-21-12-15(8-11-20(21)35)23-17-9-10-18-22(25(37)34(24(18)36)16-6-4-3-5-7-16)19(17)13-28(31)26(38)33(14-30)27(39)29(23,28)32/h3-9,11-12,18-19,22-23,35H,2,10,13-14H2,1H3. The van der Waals surface area contributed by atoms with Gasteiger partial charge in [0.05, 0.1) is 29.6 Å². The van der Waals surface area contributed by atoms with Gasteiger partial charge in [0.25, 0.3) is 11.8 Å². The van der Waals surface area contributed by atoms with Crippen LogP contribution in [-0.2, 0) is 19.2 Å². The second-order valence-electron chi connectivity index (χ2n) is 10.5. The number of phenolic OH excluding ortho intramolecular Hbond substituents is 1. The number of aromatic hydroxyl groups is 1. The third-order valence-electron chi connectivity index (χ3n) is 8.65. The molecule has 1 saturated carbocycles. The van der Waals surface area contributed by atoms with Gasteiger partial charge in [-0.25, -0.2) is 0 Å². The Morgan fingerprint density at radius 3 is 2.42 bits per heavy atom. The Morgan fingerprint density at radius 2 is 1.75 bits per heavy atom. The molecule has 2 aromatic rings. The van der Waals surface area contributed by atoms with Crippen molar-refractivity contribution in [3.05, 3.63) is 65.7 Å². The van der Waals surface area contributed by atoms with Crippen molar-refractivity contribution in [3.8, 4) is 11.5 Å². The van der Waals surface area contributed by atoms with E-state index in [2.05, 4.69) is 15.9 Å². The van der Waals surface area contributed by atoms with Crippen LogP contribution >= 0.6 is 39.1 Å². The van der Waals surface area contributed by atoms with Crippen molar-refractivity contribution in [1.82, 2.24) is 4.90 Å². The molecule has 4 aliphatic rings. The van der Waals surface area contributed by atoms with Crippen molar-refractivity contribution < 1.29 is 29.0 Å². The van der Waals surface area contributed by atoms with E-state index in [0.29, 0.717) is 16.8 Å². The minimum absolute atomic E-state index is 0.0896. The molecule has 0 aromatic heterocycles. The first-order valence-electron chi connectivity index (χ1n) is 13.0. The van der Waals surface area contributed by atoms with Gasteiger partial charge in [-0.2, -0.15) is 0 Å². The van der Waals surface area contributed by atoms with E-state index in [0.717, 1.165) is 4.90 Å². The zero-order valence-corrected chi connectivity index (χ0v) is 24.4. The van der Waals surface area contributed by atoms with Crippen molar-refractivity contribution >= 4 is 68.4 Å². The Bertz CT molecular complexity index is 1480. The molecule has 2 saturated heterocycles. The van der Waals surface area contributed by atoms with E-state index >= 15 is 0 Å². The zero-order chi connectivity index (χ0) is 28.6. The second-order valence-corrected chi connectivity index (χ2v) is 12.2. The summed E-state index contributed by atoms with van der Waals surface area (Å²) in [4.78, 5) is 53.5. The molecule has 2 aliphatic carbocycles. The summed E-state index contributed by atoms with van der Waals surface area (Å²) in [7, 11) is 0. The minimum Gasteiger partial charge on any atom is -0.504 e. The maximum atomic E-state index is 14.0. The third kappa shape index (κ3) is 3.50. The van der Waals surface area contributed by atoms with Gasteiger partial charge in [-0.15, -0.1) is 23.2 Å². The number of halogens is 3. The maximum Gasteiger partial charge on any atom is 0.254 e. The topological polar surface area (TPSA) is 104 Å². The van der Waals surface area contributed by atoms with Crippen molar-refractivity contribution in [2.75, 3.05) is 17.0 Å². The van der Waals surface area contributed by atoms with Crippen LogP contribution in [-0.4, -0.2) is 55.4 Å². The van der Waals surface area contributed by atoms with Crippen LogP contribution in [0.1, 0.15) is 31.2 Å². The number of fused-ring (bicyclic) bond motifs is 4. The molecule has 1 N–H and O–H groups in total. The number of rotatable bonds is 5. The zero-order valence-electron chi connectivity index (χ0n) is 21.4. The lowest BCUT2D eigenvalue weighted by atomic mass is 9.56. The molecule has 40 heavy (non-hydrogen) atoms. The Hall–Kier alpha value is -2.88. The van der Waals surface area contributed by atoms with E-state index in [1.807, 2.05) is 6.08 Å². The Balaban J connectivity index is 1.53. The van der Waals surface area contributed by atoms with Crippen LogP contribution in [0.25, 0.3) is 0 Å². The number of allylic oxidation sites excluding steroid dienone is 2. The molecule has 208 valence electrons. The number of nitrogens with zero attached hydrogens (tertiary/aromatic N) is 2. The number of para-hydroxylation sites is 1. The highest BCUT2D eigenvalue weighted by Crippen LogP contribution is 2.65. The molecule has 6 atom stereocenters. The van der Waals surface area contributed by atoms with Crippen LogP contribution in [0, 0.1) is 17.8 Å². The number of likely N-dealkylation sites (tertiary alicyclic amines) is 1. The van der Waals surface area contributed by atoms with Crippen LogP contribution in [0.15, 0.2) is 60.2 Å². The van der Waals surface area contributed by atoms with Crippen molar-refractivity contribution in [1.29, 1.82) is 0 Å². The molecule has 0 spiro atoms. The van der Waals surface area contributed by atoms with Gasteiger partial charge in [0.2, 0.25) is 11.8 Å². The fraction of sp³-hybridized carbons (Fsp3) is 0.379. The molecule has 2 heterocycles. The SMILES string of the molecule is CCOc1cc(C2C3=CCC4C(=O)N(c5ccccc5)C(=O)C4C3CC3(Cl)C(=O)N(CBr)C(=O)C23Cl)ccc1O. The van der Waals surface area contributed by atoms with Crippen LogP contribution in [0.2, 0.25) is 0 Å². The van der Waals surface area contributed by atoms with Gasteiger partial charge in [0.1, 0.15) is 0 Å². The molecular formula is C29H25BrCl2N2O6. The lowest BCUT2D eigenvalue weighted by Crippen LogP contribution is -2.60. The predicted octanol–water partition coefficient (Wildman–Crippen LogP) is 4.71. The first-order valence-corrected chi connectivity index (χ1v) is 14.9. The van der Waals surface area contributed by atoms with Gasteiger partial charge in [-0.05, 0) is 55.5 Å². The van der Waals surface area contributed by atoms with Crippen LogP contribution in [0.3, 0.4) is 0 Å².